The lowest BCUT2D eigenvalue weighted by Gasteiger charge is -2.27. The number of halogens is 3. The first-order valence-electron chi connectivity index (χ1n) is 5.76. The molecule has 5 heteroatoms. The molecule has 0 aromatic heterocycles. The van der Waals surface area contributed by atoms with Gasteiger partial charge in [-0.05, 0) is 17.4 Å². The number of rotatable bonds is 3. The molecular weight excluding hydrogens is 243 g/mol. The predicted molar refractivity (Wildman–Crippen MR) is 64.4 cm³/mol. The van der Waals surface area contributed by atoms with Crippen molar-refractivity contribution in [3.8, 4) is 5.75 Å². The Bertz CT molecular complexity index is 427. The fourth-order valence-corrected chi connectivity index (χ4v) is 1.73. The van der Waals surface area contributed by atoms with E-state index in [1.807, 2.05) is 20.8 Å². The average Bonchev–Trinajstić information content (AvgIpc) is 2.27. The highest BCUT2D eigenvalue weighted by Gasteiger charge is 2.40. The minimum atomic E-state index is -4.56. The highest BCUT2D eigenvalue weighted by molar-refractivity contribution is 5.46. The van der Waals surface area contributed by atoms with Crippen molar-refractivity contribution < 1.29 is 18.3 Å². The summed E-state index contributed by atoms with van der Waals surface area (Å²) in [7, 11) is 0. The van der Waals surface area contributed by atoms with Gasteiger partial charge in [0.1, 0.15) is 11.8 Å². The van der Waals surface area contributed by atoms with Gasteiger partial charge in [-0.25, -0.2) is 0 Å². The van der Waals surface area contributed by atoms with Gasteiger partial charge < -0.3 is 10.8 Å². The van der Waals surface area contributed by atoms with E-state index in [1.165, 1.54) is 12.1 Å². The van der Waals surface area contributed by atoms with Crippen LogP contribution in [0.4, 0.5) is 13.2 Å². The Morgan fingerprint density at radius 3 is 2.28 bits per heavy atom. The van der Waals surface area contributed by atoms with Gasteiger partial charge in [0.05, 0.1) is 0 Å². The Kier molecular flexibility index (Phi) is 3.96. The SMILES string of the molecule is CCC(C)(C)c1cccc([C@H](N)C(F)(F)F)c1O. The van der Waals surface area contributed by atoms with Crippen LogP contribution >= 0.6 is 0 Å². The normalized spacial score (nSPS) is 14.6. The van der Waals surface area contributed by atoms with Crippen LogP contribution in [0.25, 0.3) is 0 Å². The van der Waals surface area contributed by atoms with E-state index in [1.54, 1.807) is 6.07 Å². The van der Waals surface area contributed by atoms with Crippen molar-refractivity contribution in [3.63, 3.8) is 0 Å². The molecule has 2 nitrogen and oxygen atoms in total. The van der Waals surface area contributed by atoms with Gasteiger partial charge in [-0.3, -0.25) is 0 Å². The third-order valence-electron chi connectivity index (χ3n) is 3.37. The smallest absolute Gasteiger partial charge is 0.407 e. The molecule has 1 atom stereocenters. The Morgan fingerprint density at radius 2 is 1.83 bits per heavy atom. The van der Waals surface area contributed by atoms with Gasteiger partial charge in [0, 0.05) is 5.56 Å². The molecule has 102 valence electrons. The molecule has 3 N–H and O–H groups in total. The van der Waals surface area contributed by atoms with E-state index in [9.17, 15) is 18.3 Å². The Labute approximate surface area is 105 Å². The van der Waals surface area contributed by atoms with Crippen molar-refractivity contribution in [2.75, 3.05) is 0 Å². The van der Waals surface area contributed by atoms with Crippen LogP contribution in [0, 0.1) is 0 Å². The molecule has 0 fully saturated rings. The maximum Gasteiger partial charge on any atom is 0.407 e. The van der Waals surface area contributed by atoms with Gasteiger partial charge in [0.2, 0.25) is 0 Å². The first kappa shape index (κ1) is 14.8. The number of hydrogen-bond acceptors (Lipinski definition) is 2. The summed E-state index contributed by atoms with van der Waals surface area (Å²) in [6.07, 6.45) is -3.86. The number of para-hydroxylation sites is 1. The number of phenolic OH excluding ortho intramolecular Hbond substituents is 1. The first-order valence-corrected chi connectivity index (χ1v) is 5.76. The summed E-state index contributed by atoms with van der Waals surface area (Å²) < 4.78 is 37.8. The molecular formula is C13H18F3NO. The summed E-state index contributed by atoms with van der Waals surface area (Å²) in [5, 5.41) is 10.0. The van der Waals surface area contributed by atoms with Crippen molar-refractivity contribution in [2.45, 2.75) is 44.8 Å². The summed E-state index contributed by atoms with van der Waals surface area (Å²) in [4.78, 5) is 0. The molecule has 0 heterocycles. The van der Waals surface area contributed by atoms with Crippen LogP contribution in [-0.4, -0.2) is 11.3 Å². The summed E-state index contributed by atoms with van der Waals surface area (Å²) in [6, 6.07) is 2.17. The van der Waals surface area contributed by atoms with Crippen LogP contribution in [0.2, 0.25) is 0 Å². The fraction of sp³-hybridized carbons (Fsp3) is 0.538. The second-order valence-electron chi connectivity index (χ2n) is 5.00. The molecule has 0 unspecified atom stereocenters. The van der Waals surface area contributed by atoms with Crippen LogP contribution in [0.15, 0.2) is 18.2 Å². The number of hydrogen-bond donors (Lipinski definition) is 2. The van der Waals surface area contributed by atoms with E-state index in [4.69, 9.17) is 5.73 Å². The number of nitrogens with two attached hydrogens (primary N) is 1. The van der Waals surface area contributed by atoms with E-state index in [-0.39, 0.29) is 11.3 Å². The standard InChI is InChI=1S/C13H18F3NO/c1-4-12(2,3)9-7-5-6-8(10(9)18)11(17)13(14,15)16/h5-7,11,18H,4,17H2,1-3H3/t11-/m0/s1. The summed E-state index contributed by atoms with van der Waals surface area (Å²) >= 11 is 0. The maximum atomic E-state index is 12.6. The second-order valence-corrected chi connectivity index (χ2v) is 5.00. The number of benzene rings is 1. The van der Waals surface area contributed by atoms with Crippen molar-refractivity contribution in [1.29, 1.82) is 0 Å². The number of phenols is 1. The van der Waals surface area contributed by atoms with Gasteiger partial charge in [-0.2, -0.15) is 13.2 Å². The average molecular weight is 261 g/mol. The van der Waals surface area contributed by atoms with Crippen LogP contribution in [0.5, 0.6) is 5.75 Å². The van der Waals surface area contributed by atoms with E-state index in [0.717, 1.165) is 0 Å². The fourth-order valence-electron chi connectivity index (χ4n) is 1.73. The molecule has 0 bridgehead atoms. The van der Waals surface area contributed by atoms with Gasteiger partial charge in [0.25, 0.3) is 0 Å². The van der Waals surface area contributed by atoms with Crippen LogP contribution < -0.4 is 5.73 Å². The molecule has 0 amide bonds. The number of alkyl halides is 3. The largest absolute Gasteiger partial charge is 0.507 e. The molecule has 0 saturated carbocycles. The van der Waals surface area contributed by atoms with Crippen LogP contribution in [0.1, 0.15) is 44.4 Å². The summed E-state index contributed by atoms with van der Waals surface area (Å²) in [5.41, 5.74) is 4.96. The summed E-state index contributed by atoms with van der Waals surface area (Å²) in [5.74, 6) is -0.353. The zero-order chi connectivity index (χ0) is 14.1. The lowest BCUT2D eigenvalue weighted by Crippen LogP contribution is -2.29. The van der Waals surface area contributed by atoms with E-state index < -0.39 is 17.6 Å². The number of aromatic hydroxyl groups is 1. The van der Waals surface area contributed by atoms with Crippen molar-refractivity contribution in [2.24, 2.45) is 5.73 Å². The zero-order valence-electron chi connectivity index (χ0n) is 10.7. The van der Waals surface area contributed by atoms with E-state index in [0.29, 0.717) is 12.0 Å². The van der Waals surface area contributed by atoms with Crippen LogP contribution in [0.3, 0.4) is 0 Å². The molecule has 0 radical (unpaired) electrons. The van der Waals surface area contributed by atoms with E-state index >= 15 is 0 Å². The molecule has 0 aliphatic rings. The van der Waals surface area contributed by atoms with Crippen molar-refractivity contribution in [3.05, 3.63) is 29.3 Å². The Morgan fingerprint density at radius 1 is 1.28 bits per heavy atom. The van der Waals surface area contributed by atoms with Crippen LogP contribution in [-0.2, 0) is 5.41 Å². The molecule has 1 rings (SSSR count). The topological polar surface area (TPSA) is 46.2 Å². The Balaban J connectivity index is 3.31. The lowest BCUT2D eigenvalue weighted by molar-refractivity contribution is -0.149. The predicted octanol–water partition coefficient (Wildman–Crippen LogP) is 3.64. The molecule has 0 saturated heterocycles. The highest BCUT2D eigenvalue weighted by atomic mass is 19.4. The second kappa shape index (κ2) is 4.80. The molecule has 1 aromatic carbocycles. The quantitative estimate of drug-likeness (QED) is 0.872. The zero-order valence-corrected chi connectivity index (χ0v) is 10.7. The van der Waals surface area contributed by atoms with Gasteiger partial charge in [-0.15, -0.1) is 0 Å². The lowest BCUT2D eigenvalue weighted by atomic mass is 9.80. The highest BCUT2D eigenvalue weighted by Crippen LogP contribution is 2.41. The minimum absolute atomic E-state index is 0.276. The third-order valence-corrected chi connectivity index (χ3v) is 3.37. The molecule has 0 spiro atoms. The van der Waals surface area contributed by atoms with E-state index in [2.05, 4.69) is 0 Å². The van der Waals surface area contributed by atoms with Gasteiger partial charge >= 0.3 is 6.18 Å². The molecule has 0 aliphatic carbocycles. The third kappa shape index (κ3) is 2.77. The summed E-state index contributed by atoms with van der Waals surface area (Å²) in [6.45, 7) is 5.64. The maximum absolute atomic E-state index is 12.6. The van der Waals surface area contributed by atoms with Crippen molar-refractivity contribution >= 4 is 0 Å². The minimum Gasteiger partial charge on any atom is -0.507 e. The molecule has 1 aromatic rings. The molecule has 18 heavy (non-hydrogen) atoms. The monoisotopic (exact) mass is 261 g/mol. The van der Waals surface area contributed by atoms with Gasteiger partial charge in [0.15, 0.2) is 0 Å². The van der Waals surface area contributed by atoms with Crippen molar-refractivity contribution in [1.82, 2.24) is 0 Å². The first-order chi connectivity index (χ1) is 8.11. The molecule has 0 aliphatic heterocycles. The Hall–Kier alpha value is -1.23. The van der Waals surface area contributed by atoms with Gasteiger partial charge in [-0.1, -0.05) is 39.0 Å².